The third-order valence-electron chi connectivity index (χ3n) is 4.07. The summed E-state index contributed by atoms with van der Waals surface area (Å²) in [6.45, 7) is 4.74. The Kier molecular flexibility index (Phi) is 5.78. The lowest BCUT2D eigenvalue weighted by atomic mass is 10.1. The zero-order valence-corrected chi connectivity index (χ0v) is 15.4. The highest BCUT2D eigenvalue weighted by Crippen LogP contribution is 2.34. The predicted octanol–water partition coefficient (Wildman–Crippen LogP) is 2.60. The van der Waals surface area contributed by atoms with Crippen LogP contribution in [0.15, 0.2) is 30.5 Å². The zero-order valence-electron chi connectivity index (χ0n) is 15.4. The summed E-state index contributed by atoms with van der Waals surface area (Å²) in [7, 11) is 1.61. The number of aromatic nitrogens is 2. The molecule has 0 aliphatic carbocycles. The van der Waals surface area contributed by atoms with E-state index in [0.29, 0.717) is 18.1 Å². The van der Waals surface area contributed by atoms with Crippen molar-refractivity contribution in [3.63, 3.8) is 0 Å². The maximum Gasteiger partial charge on any atom is 0.241 e. The van der Waals surface area contributed by atoms with E-state index in [2.05, 4.69) is 10.4 Å². The molecule has 1 aliphatic heterocycles. The first-order valence-corrected chi connectivity index (χ1v) is 8.84. The van der Waals surface area contributed by atoms with E-state index >= 15 is 0 Å². The molecule has 2 heterocycles. The van der Waals surface area contributed by atoms with Crippen molar-refractivity contribution in [2.75, 3.05) is 13.7 Å². The van der Waals surface area contributed by atoms with Gasteiger partial charge in [-0.25, -0.2) is 0 Å². The summed E-state index contributed by atoms with van der Waals surface area (Å²) >= 11 is 0. The molecule has 1 amide bonds. The van der Waals surface area contributed by atoms with Crippen LogP contribution in [-0.2, 0) is 16.1 Å². The zero-order chi connectivity index (χ0) is 18.5. The van der Waals surface area contributed by atoms with E-state index in [4.69, 9.17) is 14.2 Å². The van der Waals surface area contributed by atoms with E-state index in [9.17, 15) is 4.79 Å². The van der Waals surface area contributed by atoms with Gasteiger partial charge in [-0.3, -0.25) is 9.48 Å². The molecule has 7 heteroatoms. The molecule has 26 heavy (non-hydrogen) atoms. The molecule has 1 aliphatic rings. The van der Waals surface area contributed by atoms with Crippen LogP contribution in [0.25, 0.3) is 11.3 Å². The minimum Gasteiger partial charge on any atom is -0.493 e. The molecule has 0 saturated carbocycles. The number of carbonyl (C=O) groups excluding carboxylic acids is 1. The number of hydrogen-bond donors (Lipinski definition) is 1. The predicted molar refractivity (Wildman–Crippen MR) is 97.1 cm³/mol. The van der Waals surface area contributed by atoms with Crippen molar-refractivity contribution in [3.8, 4) is 22.8 Å². The smallest absolute Gasteiger partial charge is 0.241 e. The van der Waals surface area contributed by atoms with Crippen LogP contribution < -0.4 is 14.8 Å². The molecule has 0 spiro atoms. The minimum atomic E-state index is -0.249. The fourth-order valence-electron chi connectivity index (χ4n) is 2.92. The Hall–Kier alpha value is -2.54. The Balaban J connectivity index is 1.83. The second-order valence-corrected chi connectivity index (χ2v) is 6.52. The van der Waals surface area contributed by atoms with Crippen molar-refractivity contribution < 1.29 is 19.0 Å². The molecule has 2 aromatic rings. The average Bonchev–Trinajstić information content (AvgIpc) is 3.26. The van der Waals surface area contributed by atoms with Crippen LogP contribution >= 0.6 is 0 Å². The maximum absolute atomic E-state index is 12.1. The maximum atomic E-state index is 12.1. The van der Waals surface area contributed by atoms with Crippen molar-refractivity contribution >= 4 is 5.91 Å². The standard InChI is InChI=1S/C19H25N3O4/c1-13(2)21-18(23)12-22-15(8-9-20-22)14-6-7-16(24-3)17(11-14)26-19-5-4-10-25-19/h6-9,11,13,19H,4-5,10,12H2,1-3H3,(H,21,23)/t19-/m0/s1. The van der Waals surface area contributed by atoms with E-state index in [1.165, 1.54) is 0 Å². The van der Waals surface area contributed by atoms with E-state index in [1.54, 1.807) is 18.0 Å². The van der Waals surface area contributed by atoms with Gasteiger partial charge in [-0.1, -0.05) is 0 Å². The number of carbonyl (C=O) groups is 1. The lowest BCUT2D eigenvalue weighted by Gasteiger charge is -2.17. The Morgan fingerprint density at radius 3 is 2.92 bits per heavy atom. The number of hydrogen-bond acceptors (Lipinski definition) is 5. The highest BCUT2D eigenvalue weighted by Gasteiger charge is 2.20. The fourth-order valence-corrected chi connectivity index (χ4v) is 2.92. The Morgan fingerprint density at radius 1 is 1.38 bits per heavy atom. The Labute approximate surface area is 153 Å². The second kappa shape index (κ2) is 8.23. The highest BCUT2D eigenvalue weighted by molar-refractivity contribution is 5.77. The van der Waals surface area contributed by atoms with Gasteiger partial charge in [0.15, 0.2) is 17.8 Å². The summed E-state index contributed by atoms with van der Waals surface area (Å²) in [4.78, 5) is 12.1. The van der Waals surface area contributed by atoms with Gasteiger partial charge >= 0.3 is 0 Å². The van der Waals surface area contributed by atoms with Crippen molar-refractivity contribution in [2.45, 2.75) is 45.6 Å². The third-order valence-corrected chi connectivity index (χ3v) is 4.07. The van der Waals surface area contributed by atoms with Gasteiger partial charge in [0.1, 0.15) is 6.54 Å². The largest absolute Gasteiger partial charge is 0.493 e. The summed E-state index contributed by atoms with van der Waals surface area (Å²) < 4.78 is 18.6. The molecular formula is C19H25N3O4. The van der Waals surface area contributed by atoms with E-state index in [1.807, 2.05) is 38.1 Å². The molecule has 0 bridgehead atoms. The van der Waals surface area contributed by atoms with Crippen LogP contribution in [0.1, 0.15) is 26.7 Å². The number of rotatable bonds is 7. The highest BCUT2D eigenvalue weighted by atomic mass is 16.7. The molecule has 1 N–H and O–H groups in total. The third kappa shape index (κ3) is 4.35. The number of nitrogens with zero attached hydrogens (tertiary/aromatic N) is 2. The van der Waals surface area contributed by atoms with Gasteiger partial charge in [0.2, 0.25) is 5.91 Å². The van der Waals surface area contributed by atoms with Crippen molar-refractivity contribution in [1.82, 2.24) is 15.1 Å². The Bertz CT molecular complexity index is 751. The molecule has 0 unspecified atom stereocenters. The number of benzene rings is 1. The molecular weight excluding hydrogens is 334 g/mol. The van der Waals surface area contributed by atoms with Crippen molar-refractivity contribution in [1.29, 1.82) is 0 Å². The molecule has 0 radical (unpaired) electrons. The summed E-state index contributed by atoms with van der Waals surface area (Å²) in [6.07, 6.45) is 3.29. The number of nitrogens with one attached hydrogen (secondary N) is 1. The van der Waals surface area contributed by atoms with E-state index < -0.39 is 0 Å². The number of amides is 1. The van der Waals surface area contributed by atoms with E-state index in [-0.39, 0.29) is 24.8 Å². The van der Waals surface area contributed by atoms with Gasteiger partial charge in [-0.15, -0.1) is 0 Å². The van der Waals surface area contributed by atoms with Crippen LogP contribution in [0.2, 0.25) is 0 Å². The second-order valence-electron chi connectivity index (χ2n) is 6.52. The van der Waals surface area contributed by atoms with Gasteiger partial charge in [0, 0.05) is 24.2 Å². The van der Waals surface area contributed by atoms with Gasteiger partial charge in [-0.2, -0.15) is 5.10 Å². The number of methoxy groups -OCH3 is 1. The monoisotopic (exact) mass is 359 g/mol. The fraction of sp³-hybridized carbons (Fsp3) is 0.474. The first-order valence-electron chi connectivity index (χ1n) is 8.84. The lowest BCUT2D eigenvalue weighted by molar-refractivity contribution is -0.122. The molecule has 1 atom stereocenters. The van der Waals surface area contributed by atoms with Crippen molar-refractivity contribution in [3.05, 3.63) is 30.5 Å². The molecule has 1 fully saturated rings. The van der Waals surface area contributed by atoms with Gasteiger partial charge < -0.3 is 19.5 Å². The number of ether oxygens (including phenoxy) is 3. The van der Waals surface area contributed by atoms with Gasteiger partial charge in [-0.05, 0) is 44.5 Å². The first-order chi connectivity index (χ1) is 12.6. The van der Waals surface area contributed by atoms with Crippen LogP contribution in [0.3, 0.4) is 0 Å². The quantitative estimate of drug-likeness (QED) is 0.822. The minimum absolute atomic E-state index is 0.0747. The molecule has 1 aromatic carbocycles. The normalized spacial score (nSPS) is 16.7. The first kappa shape index (κ1) is 18.3. The van der Waals surface area contributed by atoms with Crippen LogP contribution in [0, 0.1) is 0 Å². The van der Waals surface area contributed by atoms with Crippen LogP contribution in [-0.4, -0.2) is 41.7 Å². The molecule has 1 saturated heterocycles. The van der Waals surface area contributed by atoms with Gasteiger partial charge in [0.25, 0.3) is 0 Å². The average molecular weight is 359 g/mol. The van der Waals surface area contributed by atoms with Crippen LogP contribution in [0.5, 0.6) is 11.5 Å². The SMILES string of the molecule is COc1ccc(-c2ccnn2CC(=O)NC(C)C)cc1O[C@H]1CCCO1. The van der Waals surface area contributed by atoms with Crippen molar-refractivity contribution in [2.24, 2.45) is 0 Å². The summed E-state index contributed by atoms with van der Waals surface area (Å²) in [5.41, 5.74) is 1.73. The summed E-state index contributed by atoms with van der Waals surface area (Å²) in [5.74, 6) is 1.19. The van der Waals surface area contributed by atoms with E-state index in [0.717, 1.165) is 24.1 Å². The molecule has 140 valence electrons. The topological polar surface area (TPSA) is 74.6 Å². The Morgan fingerprint density at radius 2 is 2.23 bits per heavy atom. The summed E-state index contributed by atoms with van der Waals surface area (Å²) in [6, 6.07) is 7.64. The molecule has 3 rings (SSSR count). The summed E-state index contributed by atoms with van der Waals surface area (Å²) in [5, 5.41) is 7.15. The molecule has 1 aromatic heterocycles. The van der Waals surface area contributed by atoms with Crippen LogP contribution in [0.4, 0.5) is 0 Å². The lowest BCUT2D eigenvalue weighted by Crippen LogP contribution is -2.33. The van der Waals surface area contributed by atoms with Gasteiger partial charge in [0.05, 0.1) is 19.4 Å². The molecule has 7 nitrogen and oxygen atoms in total.